The molecule has 4 heteroatoms. The van der Waals surface area contributed by atoms with Crippen molar-refractivity contribution in [3.05, 3.63) is 24.0 Å². The first kappa shape index (κ1) is 11.7. The maximum atomic E-state index is 13.1. The molecule has 88 valence electrons. The molecule has 2 nitrogen and oxygen atoms in total. The molecule has 1 heterocycles. The van der Waals surface area contributed by atoms with Gasteiger partial charge in [0.1, 0.15) is 5.82 Å². The number of nitrogens with one attached hydrogen (secondary N) is 2. The highest BCUT2D eigenvalue weighted by atomic mass is 32.2. The van der Waals surface area contributed by atoms with Gasteiger partial charge in [0.15, 0.2) is 0 Å². The molecule has 0 spiro atoms. The second-order valence-electron chi connectivity index (χ2n) is 4.04. The zero-order chi connectivity index (χ0) is 11.4. The standard InChI is InChI=1S/C12H17FN2S/c1-14-6-2-3-10-8-16-12-5-4-9(13)7-11(12)15-10/h4-5,7,10,14-15H,2-3,6,8H2,1H3. The molecule has 0 amide bonds. The molecule has 16 heavy (non-hydrogen) atoms. The summed E-state index contributed by atoms with van der Waals surface area (Å²) in [4.78, 5) is 1.16. The lowest BCUT2D eigenvalue weighted by Crippen LogP contribution is -2.27. The van der Waals surface area contributed by atoms with E-state index in [1.165, 1.54) is 6.07 Å². The molecule has 0 fully saturated rings. The van der Waals surface area contributed by atoms with E-state index in [-0.39, 0.29) is 5.82 Å². The van der Waals surface area contributed by atoms with Crippen molar-refractivity contribution < 1.29 is 4.39 Å². The third kappa shape index (κ3) is 2.89. The minimum atomic E-state index is -0.164. The summed E-state index contributed by atoms with van der Waals surface area (Å²) in [6, 6.07) is 5.43. The molecule has 0 saturated carbocycles. The van der Waals surface area contributed by atoms with Crippen molar-refractivity contribution in [3.63, 3.8) is 0 Å². The number of fused-ring (bicyclic) bond motifs is 1. The first-order valence-corrected chi connectivity index (χ1v) is 6.61. The van der Waals surface area contributed by atoms with Crippen LogP contribution in [0.15, 0.2) is 23.1 Å². The predicted molar refractivity (Wildman–Crippen MR) is 67.7 cm³/mol. The molecule has 0 saturated heterocycles. The van der Waals surface area contributed by atoms with Crippen LogP contribution in [0, 0.1) is 5.82 Å². The molecule has 0 aliphatic carbocycles. The first-order valence-electron chi connectivity index (χ1n) is 5.63. The summed E-state index contributed by atoms with van der Waals surface area (Å²) >= 11 is 1.81. The molecule has 1 aliphatic heterocycles. The summed E-state index contributed by atoms with van der Waals surface area (Å²) in [5.74, 6) is 0.908. The van der Waals surface area contributed by atoms with E-state index in [4.69, 9.17) is 0 Å². The average molecular weight is 240 g/mol. The number of benzene rings is 1. The minimum Gasteiger partial charge on any atom is -0.380 e. The molecule has 1 unspecified atom stereocenters. The Labute approximate surface area is 100 Å². The number of anilines is 1. The maximum absolute atomic E-state index is 13.1. The molecule has 0 aromatic heterocycles. The Bertz CT molecular complexity index is 357. The summed E-state index contributed by atoms with van der Waals surface area (Å²) < 4.78 is 13.1. The Hall–Kier alpha value is -0.740. The monoisotopic (exact) mass is 240 g/mol. The fourth-order valence-electron chi connectivity index (χ4n) is 1.87. The average Bonchev–Trinajstić information content (AvgIpc) is 2.29. The summed E-state index contributed by atoms with van der Waals surface area (Å²) in [5, 5.41) is 6.55. The fraction of sp³-hybridized carbons (Fsp3) is 0.500. The molecule has 0 radical (unpaired) electrons. The van der Waals surface area contributed by atoms with Crippen molar-refractivity contribution in [2.24, 2.45) is 0 Å². The van der Waals surface area contributed by atoms with Crippen LogP contribution in [-0.4, -0.2) is 25.4 Å². The summed E-state index contributed by atoms with van der Waals surface area (Å²) in [7, 11) is 1.97. The highest BCUT2D eigenvalue weighted by Crippen LogP contribution is 2.34. The summed E-state index contributed by atoms with van der Waals surface area (Å²) in [6.07, 6.45) is 2.28. The van der Waals surface area contributed by atoms with Gasteiger partial charge >= 0.3 is 0 Å². The number of hydrogen-bond acceptors (Lipinski definition) is 3. The quantitative estimate of drug-likeness (QED) is 0.791. The Balaban J connectivity index is 1.94. The highest BCUT2D eigenvalue weighted by Gasteiger charge is 2.17. The number of halogens is 1. The largest absolute Gasteiger partial charge is 0.380 e. The normalized spacial score (nSPS) is 19.0. The van der Waals surface area contributed by atoms with Gasteiger partial charge in [-0.15, -0.1) is 11.8 Å². The molecule has 2 N–H and O–H groups in total. The summed E-state index contributed by atoms with van der Waals surface area (Å²) in [5.41, 5.74) is 0.950. The third-order valence-electron chi connectivity index (χ3n) is 2.72. The Kier molecular flexibility index (Phi) is 4.07. The van der Waals surface area contributed by atoms with Gasteiger partial charge in [-0.1, -0.05) is 0 Å². The SMILES string of the molecule is CNCCCC1CSc2ccc(F)cc2N1. The Morgan fingerprint density at radius 2 is 2.44 bits per heavy atom. The van der Waals surface area contributed by atoms with Gasteiger partial charge in [-0.05, 0) is 44.6 Å². The van der Waals surface area contributed by atoms with Gasteiger partial charge in [0.05, 0.1) is 5.69 Å². The van der Waals surface area contributed by atoms with Crippen LogP contribution in [0.2, 0.25) is 0 Å². The van der Waals surface area contributed by atoms with E-state index in [2.05, 4.69) is 10.6 Å². The molecule has 1 aromatic rings. The van der Waals surface area contributed by atoms with Crippen molar-refractivity contribution in [1.82, 2.24) is 5.32 Å². The van der Waals surface area contributed by atoms with E-state index in [1.807, 2.05) is 24.9 Å². The molecule has 0 bridgehead atoms. The smallest absolute Gasteiger partial charge is 0.125 e. The lowest BCUT2D eigenvalue weighted by Gasteiger charge is -2.26. The van der Waals surface area contributed by atoms with Crippen LogP contribution in [0.25, 0.3) is 0 Å². The molecule has 1 aromatic carbocycles. The second-order valence-corrected chi connectivity index (χ2v) is 5.10. The van der Waals surface area contributed by atoms with E-state index in [0.717, 1.165) is 35.7 Å². The van der Waals surface area contributed by atoms with Crippen LogP contribution in [-0.2, 0) is 0 Å². The zero-order valence-corrected chi connectivity index (χ0v) is 10.2. The van der Waals surface area contributed by atoms with E-state index < -0.39 is 0 Å². The highest BCUT2D eigenvalue weighted by molar-refractivity contribution is 7.99. The number of thioether (sulfide) groups is 1. The van der Waals surface area contributed by atoms with Crippen LogP contribution in [0.5, 0.6) is 0 Å². The van der Waals surface area contributed by atoms with E-state index in [1.54, 1.807) is 6.07 Å². The lowest BCUT2D eigenvalue weighted by atomic mass is 10.1. The van der Waals surface area contributed by atoms with Crippen molar-refractivity contribution >= 4 is 17.4 Å². The molecular formula is C12H17FN2S. The topological polar surface area (TPSA) is 24.1 Å². The van der Waals surface area contributed by atoms with Gasteiger partial charge in [0.2, 0.25) is 0 Å². The lowest BCUT2D eigenvalue weighted by molar-refractivity contribution is 0.616. The van der Waals surface area contributed by atoms with Gasteiger partial charge in [0, 0.05) is 16.7 Å². The molecule has 1 aliphatic rings. The van der Waals surface area contributed by atoms with E-state index in [9.17, 15) is 4.39 Å². The van der Waals surface area contributed by atoms with E-state index in [0.29, 0.717) is 6.04 Å². The van der Waals surface area contributed by atoms with Crippen LogP contribution in [0.1, 0.15) is 12.8 Å². The van der Waals surface area contributed by atoms with Crippen LogP contribution < -0.4 is 10.6 Å². The van der Waals surface area contributed by atoms with Crippen LogP contribution >= 0.6 is 11.8 Å². The summed E-state index contributed by atoms with van der Waals surface area (Å²) in [6.45, 7) is 1.04. The molecular weight excluding hydrogens is 223 g/mol. The zero-order valence-electron chi connectivity index (χ0n) is 9.42. The van der Waals surface area contributed by atoms with Gasteiger partial charge in [-0.3, -0.25) is 0 Å². The third-order valence-corrected chi connectivity index (χ3v) is 3.96. The second kappa shape index (κ2) is 5.55. The maximum Gasteiger partial charge on any atom is 0.125 e. The van der Waals surface area contributed by atoms with Gasteiger partial charge < -0.3 is 10.6 Å². The first-order chi connectivity index (χ1) is 7.79. The van der Waals surface area contributed by atoms with Crippen molar-refractivity contribution in [2.45, 2.75) is 23.8 Å². The van der Waals surface area contributed by atoms with Crippen LogP contribution in [0.3, 0.4) is 0 Å². The Morgan fingerprint density at radius 3 is 3.25 bits per heavy atom. The van der Waals surface area contributed by atoms with E-state index >= 15 is 0 Å². The fourth-order valence-corrected chi connectivity index (χ4v) is 2.94. The van der Waals surface area contributed by atoms with Crippen LogP contribution in [0.4, 0.5) is 10.1 Å². The minimum absolute atomic E-state index is 0.164. The number of hydrogen-bond donors (Lipinski definition) is 2. The predicted octanol–water partition coefficient (Wildman–Crippen LogP) is 2.71. The van der Waals surface area contributed by atoms with Gasteiger partial charge in [-0.2, -0.15) is 0 Å². The van der Waals surface area contributed by atoms with Crippen molar-refractivity contribution in [1.29, 1.82) is 0 Å². The van der Waals surface area contributed by atoms with Gasteiger partial charge in [0.25, 0.3) is 0 Å². The molecule has 1 atom stereocenters. The van der Waals surface area contributed by atoms with Crippen molar-refractivity contribution in [2.75, 3.05) is 24.7 Å². The Morgan fingerprint density at radius 1 is 1.56 bits per heavy atom. The molecule has 2 rings (SSSR count). The van der Waals surface area contributed by atoms with Gasteiger partial charge in [-0.25, -0.2) is 4.39 Å². The van der Waals surface area contributed by atoms with Crippen molar-refractivity contribution in [3.8, 4) is 0 Å². The number of rotatable bonds is 4.